The molecule has 1 rings (SSSR count). The summed E-state index contributed by atoms with van der Waals surface area (Å²) in [5.74, 6) is -1.18. The second-order valence-corrected chi connectivity index (χ2v) is 7.67. The third-order valence-corrected chi connectivity index (χ3v) is 6.22. The van der Waals surface area contributed by atoms with Crippen molar-refractivity contribution in [1.82, 2.24) is 4.31 Å². The van der Waals surface area contributed by atoms with Crippen LogP contribution < -0.4 is 0 Å². The molecule has 0 spiro atoms. The first-order valence-corrected chi connectivity index (χ1v) is 8.12. The van der Waals surface area contributed by atoms with E-state index in [4.69, 9.17) is 5.11 Å². The molecular weight excluding hydrogens is 331 g/mol. The average molecular weight is 345 g/mol. The number of hydrogen-bond acceptors (Lipinski definition) is 4. The summed E-state index contributed by atoms with van der Waals surface area (Å²) < 4.78 is 62.6. The molecule has 1 N–H and O–H groups in total. The molecule has 0 unspecified atom stereocenters. The first kappa shape index (κ1) is 17.9. The number of carboxylic acid groups (broad SMARTS) is 1. The number of sulfonamides is 1. The van der Waals surface area contributed by atoms with Gasteiger partial charge in [-0.3, -0.25) is 4.79 Å². The fourth-order valence-corrected chi connectivity index (χ4v) is 4.53. The van der Waals surface area contributed by atoms with Crippen LogP contribution >= 0.6 is 11.3 Å². The number of carboxylic acids is 1. The minimum atomic E-state index is -4.61. The Labute approximate surface area is 124 Å². The van der Waals surface area contributed by atoms with Gasteiger partial charge < -0.3 is 5.11 Å². The van der Waals surface area contributed by atoms with Crippen LogP contribution in [0.4, 0.5) is 13.2 Å². The van der Waals surface area contributed by atoms with Crippen LogP contribution in [0.1, 0.15) is 25.1 Å². The predicted octanol–water partition coefficient (Wildman–Crippen LogP) is 2.64. The van der Waals surface area contributed by atoms with Crippen molar-refractivity contribution < 1.29 is 31.5 Å². The van der Waals surface area contributed by atoms with Crippen LogP contribution in [-0.4, -0.2) is 36.4 Å². The summed E-state index contributed by atoms with van der Waals surface area (Å²) in [6, 6.07) is 1.03. The zero-order chi connectivity index (χ0) is 16.4. The van der Waals surface area contributed by atoms with Gasteiger partial charge in [-0.2, -0.15) is 17.5 Å². The summed E-state index contributed by atoms with van der Waals surface area (Å²) in [6.45, 7) is 2.75. The molecule has 0 aliphatic rings. The standard InChI is InChI=1S/C11H14F3NO4S2/c1-7(2)15(6-5-9(16)17)21(18,19)10-4-3-8(20-10)11(12,13)14/h3-4,7H,5-6H2,1-2H3,(H,16,17). The molecule has 120 valence electrons. The summed E-state index contributed by atoms with van der Waals surface area (Å²) in [7, 11) is -4.15. The quantitative estimate of drug-likeness (QED) is 0.860. The van der Waals surface area contributed by atoms with E-state index in [9.17, 15) is 26.4 Å². The highest BCUT2D eigenvalue weighted by molar-refractivity contribution is 7.91. The van der Waals surface area contributed by atoms with Gasteiger partial charge in [0.25, 0.3) is 10.0 Å². The number of halogens is 3. The smallest absolute Gasteiger partial charge is 0.425 e. The lowest BCUT2D eigenvalue weighted by Crippen LogP contribution is -2.38. The summed E-state index contributed by atoms with van der Waals surface area (Å²) in [5.41, 5.74) is 0. The monoisotopic (exact) mass is 345 g/mol. The Balaban J connectivity index is 3.11. The van der Waals surface area contributed by atoms with Gasteiger partial charge in [0.05, 0.1) is 6.42 Å². The molecule has 0 radical (unpaired) electrons. The summed E-state index contributed by atoms with van der Waals surface area (Å²) >= 11 is 0.125. The van der Waals surface area contributed by atoms with Gasteiger partial charge in [0.2, 0.25) is 0 Å². The number of rotatable bonds is 6. The molecule has 1 heterocycles. The lowest BCUT2D eigenvalue weighted by atomic mass is 10.3. The molecule has 0 bridgehead atoms. The highest BCUT2D eigenvalue weighted by Gasteiger charge is 2.36. The SMILES string of the molecule is CC(C)N(CCC(=O)O)S(=O)(=O)c1ccc(C(F)(F)F)s1. The van der Waals surface area contributed by atoms with Crippen molar-refractivity contribution in [3.05, 3.63) is 17.0 Å². The Morgan fingerprint density at radius 3 is 2.33 bits per heavy atom. The maximum atomic E-state index is 12.5. The Kier molecular flexibility index (Phi) is 5.40. The maximum Gasteiger partial charge on any atom is 0.425 e. The van der Waals surface area contributed by atoms with E-state index in [-0.39, 0.29) is 17.9 Å². The van der Waals surface area contributed by atoms with E-state index in [1.165, 1.54) is 13.8 Å². The van der Waals surface area contributed by atoms with Crippen LogP contribution in [0.3, 0.4) is 0 Å². The predicted molar refractivity (Wildman–Crippen MR) is 70.6 cm³/mol. The van der Waals surface area contributed by atoms with Crippen LogP contribution in [0.2, 0.25) is 0 Å². The van der Waals surface area contributed by atoms with E-state index < -0.39 is 43.7 Å². The van der Waals surface area contributed by atoms with Gasteiger partial charge in [0.15, 0.2) is 0 Å². The lowest BCUT2D eigenvalue weighted by molar-refractivity contribution is -0.137. The fraction of sp³-hybridized carbons (Fsp3) is 0.545. The van der Waals surface area contributed by atoms with Crippen molar-refractivity contribution in [3.8, 4) is 0 Å². The molecule has 0 aliphatic carbocycles. The van der Waals surface area contributed by atoms with Crippen molar-refractivity contribution in [2.75, 3.05) is 6.54 Å². The molecule has 0 aliphatic heterocycles. The van der Waals surface area contributed by atoms with Crippen LogP contribution in [0.15, 0.2) is 16.3 Å². The molecule has 0 saturated carbocycles. The number of alkyl halides is 3. The third-order valence-electron chi connectivity index (χ3n) is 2.55. The molecule has 1 aromatic heterocycles. The molecule has 0 amide bonds. The molecule has 1 aromatic rings. The highest BCUT2D eigenvalue weighted by Crippen LogP contribution is 2.37. The summed E-state index contributed by atoms with van der Waals surface area (Å²) in [6.07, 6.45) is -5.03. The molecular formula is C11H14F3NO4S2. The van der Waals surface area contributed by atoms with Crippen molar-refractivity contribution in [3.63, 3.8) is 0 Å². The van der Waals surface area contributed by atoms with E-state index >= 15 is 0 Å². The van der Waals surface area contributed by atoms with Crippen molar-refractivity contribution in [2.45, 2.75) is 36.7 Å². The zero-order valence-corrected chi connectivity index (χ0v) is 12.8. The second-order valence-electron chi connectivity index (χ2n) is 4.47. The molecule has 0 atom stereocenters. The number of hydrogen-bond donors (Lipinski definition) is 1. The Bertz CT molecular complexity index is 607. The van der Waals surface area contributed by atoms with Crippen LogP contribution in [0, 0.1) is 0 Å². The Morgan fingerprint density at radius 1 is 1.38 bits per heavy atom. The topological polar surface area (TPSA) is 74.7 Å². The van der Waals surface area contributed by atoms with Crippen molar-refractivity contribution in [2.24, 2.45) is 0 Å². The van der Waals surface area contributed by atoms with Gasteiger partial charge in [-0.25, -0.2) is 8.42 Å². The molecule has 0 aromatic carbocycles. The van der Waals surface area contributed by atoms with Gasteiger partial charge in [-0.1, -0.05) is 0 Å². The van der Waals surface area contributed by atoms with Gasteiger partial charge in [-0.15, -0.1) is 11.3 Å². The molecule has 21 heavy (non-hydrogen) atoms. The first-order valence-electron chi connectivity index (χ1n) is 5.87. The van der Waals surface area contributed by atoms with E-state index in [1.807, 2.05) is 0 Å². The molecule has 10 heteroatoms. The van der Waals surface area contributed by atoms with Gasteiger partial charge >= 0.3 is 12.1 Å². The number of thiophene rings is 1. The minimum absolute atomic E-state index is 0.125. The highest BCUT2D eigenvalue weighted by atomic mass is 32.2. The van der Waals surface area contributed by atoms with Crippen LogP contribution in [0.25, 0.3) is 0 Å². The van der Waals surface area contributed by atoms with Crippen molar-refractivity contribution >= 4 is 27.3 Å². The van der Waals surface area contributed by atoms with Gasteiger partial charge in [0, 0.05) is 12.6 Å². The Morgan fingerprint density at radius 2 is 1.95 bits per heavy atom. The Hall–Kier alpha value is -1.13. The van der Waals surface area contributed by atoms with Gasteiger partial charge in [0.1, 0.15) is 9.09 Å². The summed E-state index contributed by atoms with van der Waals surface area (Å²) in [5, 5.41) is 8.62. The van der Waals surface area contributed by atoms with Crippen molar-refractivity contribution in [1.29, 1.82) is 0 Å². The zero-order valence-electron chi connectivity index (χ0n) is 11.2. The number of aliphatic carboxylic acids is 1. The molecule has 0 saturated heterocycles. The number of carbonyl (C=O) groups is 1. The van der Waals surface area contributed by atoms with E-state index in [1.54, 1.807) is 0 Å². The largest absolute Gasteiger partial charge is 0.481 e. The first-order chi connectivity index (χ1) is 9.46. The lowest BCUT2D eigenvalue weighted by Gasteiger charge is -2.24. The van der Waals surface area contributed by atoms with E-state index in [2.05, 4.69) is 0 Å². The second kappa shape index (κ2) is 6.32. The number of nitrogens with zero attached hydrogens (tertiary/aromatic N) is 1. The third kappa shape index (κ3) is 4.42. The maximum absolute atomic E-state index is 12.5. The normalized spacial score (nSPS) is 13.1. The van der Waals surface area contributed by atoms with E-state index in [0.717, 1.165) is 10.4 Å². The summed E-state index contributed by atoms with van der Waals surface area (Å²) in [4.78, 5) is 9.55. The molecule has 0 fully saturated rings. The van der Waals surface area contributed by atoms with Crippen LogP contribution in [0.5, 0.6) is 0 Å². The minimum Gasteiger partial charge on any atom is -0.481 e. The van der Waals surface area contributed by atoms with Gasteiger partial charge in [-0.05, 0) is 26.0 Å². The fourth-order valence-electron chi connectivity index (χ4n) is 1.59. The molecule has 5 nitrogen and oxygen atoms in total. The van der Waals surface area contributed by atoms with Crippen LogP contribution in [-0.2, 0) is 21.0 Å². The van der Waals surface area contributed by atoms with E-state index in [0.29, 0.717) is 6.07 Å². The average Bonchev–Trinajstić information content (AvgIpc) is 2.76.